The van der Waals surface area contributed by atoms with Crippen LogP contribution in [0.15, 0.2) is 54.7 Å². The molecule has 4 nitrogen and oxygen atoms in total. The smallest absolute Gasteiger partial charge is 0.225 e. The molecule has 0 saturated carbocycles. The topological polar surface area (TPSA) is 46.9 Å². The molecule has 1 aliphatic heterocycles. The lowest BCUT2D eigenvalue weighted by molar-refractivity contribution is -0.116. The Morgan fingerprint density at radius 2 is 2.00 bits per heavy atom. The van der Waals surface area contributed by atoms with Crippen molar-refractivity contribution in [3.63, 3.8) is 0 Å². The zero-order valence-corrected chi connectivity index (χ0v) is 16.9. The molecule has 2 atom stereocenters. The van der Waals surface area contributed by atoms with Gasteiger partial charge in [-0.3, -0.25) is 4.79 Å². The lowest BCUT2D eigenvalue weighted by Gasteiger charge is -2.26. The summed E-state index contributed by atoms with van der Waals surface area (Å²) in [5.74, 6) is 1.06. The van der Waals surface area contributed by atoms with E-state index in [9.17, 15) is 9.18 Å². The van der Waals surface area contributed by atoms with Gasteiger partial charge in [-0.05, 0) is 55.2 Å². The Bertz CT molecular complexity index is 1010. The molecule has 0 radical (unpaired) electrons. The predicted octanol–water partition coefficient (Wildman–Crippen LogP) is 5.39. The predicted molar refractivity (Wildman–Crippen MR) is 113 cm³/mol. The molecule has 0 aliphatic carbocycles. The third-order valence-corrected chi connectivity index (χ3v) is 5.82. The standard InChI is InChI=1S/C24H26FN3O/c1-16-6-3-4-8-20(16)21(14-23(29)27-19-11-9-18(25)10-12-19)22-15-26-24-17(2)7-5-13-28(22)24/h3-4,6,8-12,15,17,21H,5,7,13-14H2,1-2H3,(H,27,29)/t17-,21-/m0/s1. The van der Waals surface area contributed by atoms with E-state index in [4.69, 9.17) is 4.98 Å². The molecule has 150 valence electrons. The zero-order valence-electron chi connectivity index (χ0n) is 16.9. The second kappa shape index (κ2) is 8.19. The van der Waals surface area contributed by atoms with E-state index >= 15 is 0 Å². The molecule has 5 heteroatoms. The number of halogens is 1. The number of carbonyl (C=O) groups excluding carboxylic acids is 1. The number of fused-ring (bicyclic) bond motifs is 1. The van der Waals surface area contributed by atoms with Crippen molar-refractivity contribution >= 4 is 11.6 Å². The van der Waals surface area contributed by atoms with Crippen LogP contribution in [0.4, 0.5) is 10.1 Å². The second-order valence-electron chi connectivity index (χ2n) is 7.90. The maximum absolute atomic E-state index is 13.2. The number of nitrogens with zero attached hydrogens (tertiary/aromatic N) is 2. The third kappa shape index (κ3) is 4.09. The molecule has 1 N–H and O–H groups in total. The van der Waals surface area contributed by atoms with Crippen LogP contribution in [-0.4, -0.2) is 15.5 Å². The highest BCUT2D eigenvalue weighted by atomic mass is 19.1. The van der Waals surface area contributed by atoms with Gasteiger partial charge in [0.2, 0.25) is 5.91 Å². The van der Waals surface area contributed by atoms with Gasteiger partial charge in [0.25, 0.3) is 0 Å². The van der Waals surface area contributed by atoms with Gasteiger partial charge in [0, 0.05) is 42.4 Å². The quantitative estimate of drug-likeness (QED) is 0.634. The molecular formula is C24H26FN3O. The van der Waals surface area contributed by atoms with E-state index in [0.717, 1.165) is 42.0 Å². The van der Waals surface area contributed by atoms with Crippen molar-refractivity contribution in [2.45, 2.75) is 51.5 Å². The third-order valence-electron chi connectivity index (χ3n) is 5.82. The van der Waals surface area contributed by atoms with Gasteiger partial charge in [0.1, 0.15) is 11.6 Å². The molecule has 0 unspecified atom stereocenters. The number of hydrogen-bond acceptors (Lipinski definition) is 2. The minimum atomic E-state index is -0.319. The summed E-state index contributed by atoms with van der Waals surface area (Å²) in [5, 5.41) is 2.90. The molecule has 1 aromatic heterocycles. The van der Waals surface area contributed by atoms with Gasteiger partial charge in [0.05, 0.1) is 0 Å². The molecule has 1 amide bonds. The van der Waals surface area contributed by atoms with E-state index in [1.54, 1.807) is 12.1 Å². The van der Waals surface area contributed by atoms with E-state index in [1.807, 2.05) is 18.3 Å². The normalized spacial score (nSPS) is 16.9. The van der Waals surface area contributed by atoms with Crippen molar-refractivity contribution in [1.82, 2.24) is 9.55 Å². The minimum absolute atomic E-state index is 0.0804. The van der Waals surface area contributed by atoms with Crippen LogP contribution in [-0.2, 0) is 11.3 Å². The second-order valence-corrected chi connectivity index (χ2v) is 7.90. The van der Waals surface area contributed by atoms with Crippen LogP contribution >= 0.6 is 0 Å². The van der Waals surface area contributed by atoms with Crippen molar-refractivity contribution in [2.24, 2.45) is 0 Å². The van der Waals surface area contributed by atoms with Gasteiger partial charge in [0.15, 0.2) is 0 Å². The van der Waals surface area contributed by atoms with Gasteiger partial charge in [-0.2, -0.15) is 0 Å². The molecule has 2 aromatic carbocycles. The van der Waals surface area contributed by atoms with Crippen molar-refractivity contribution in [1.29, 1.82) is 0 Å². The lowest BCUT2D eigenvalue weighted by Crippen LogP contribution is -2.22. The van der Waals surface area contributed by atoms with Gasteiger partial charge in [-0.1, -0.05) is 31.2 Å². The van der Waals surface area contributed by atoms with Crippen LogP contribution in [0, 0.1) is 12.7 Å². The highest BCUT2D eigenvalue weighted by Gasteiger charge is 2.28. The monoisotopic (exact) mass is 391 g/mol. The summed E-state index contributed by atoms with van der Waals surface area (Å²) < 4.78 is 15.5. The van der Waals surface area contributed by atoms with E-state index in [-0.39, 0.29) is 17.6 Å². The molecule has 1 aliphatic rings. The van der Waals surface area contributed by atoms with Crippen molar-refractivity contribution in [3.8, 4) is 0 Å². The van der Waals surface area contributed by atoms with Gasteiger partial charge in [-0.15, -0.1) is 0 Å². The average Bonchev–Trinajstić information content (AvgIpc) is 3.14. The van der Waals surface area contributed by atoms with Crippen molar-refractivity contribution < 1.29 is 9.18 Å². The van der Waals surface area contributed by atoms with Crippen LogP contribution in [0.1, 0.15) is 60.7 Å². The fourth-order valence-electron chi connectivity index (χ4n) is 4.29. The van der Waals surface area contributed by atoms with Crippen molar-refractivity contribution in [3.05, 3.63) is 83.2 Å². The summed E-state index contributed by atoms with van der Waals surface area (Å²) in [6, 6.07) is 14.1. The number of benzene rings is 2. The van der Waals surface area contributed by atoms with Crippen molar-refractivity contribution in [2.75, 3.05) is 5.32 Å². The molecule has 0 bridgehead atoms. The van der Waals surface area contributed by atoms with E-state index in [1.165, 1.54) is 12.1 Å². The first-order valence-electron chi connectivity index (χ1n) is 10.2. The van der Waals surface area contributed by atoms with E-state index in [0.29, 0.717) is 18.0 Å². The number of amides is 1. The lowest BCUT2D eigenvalue weighted by atomic mass is 9.88. The van der Waals surface area contributed by atoms with Gasteiger partial charge >= 0.3 is 0 Å². The first-order valence-corrected chi connectivity index (χ1v) is 10.2. The fourth-order valence-corrected chi connectivity index (χ4v) is 4.29. The Labute approximate surface area is 170 Å². The Morgan fingerprint density at radius 3 is 2.76 bits per heavy atom. The number of aryl methyl sites for hydroxylation is 1. The number of aromatic nitrogens is 2. The summed E-state index contributed by atoms with van der Waals surface area (Å²) in [5.41, 5.74) is 3.99. The maximum Gasteiger partial charge on any atom is 0.225 e. The summed E-state index contributed by atoms with van der Waals surface area (Å²) in [7, 11) is 0. The molecule has 0 saturated heterocycles. The molecule has 0 spiro atoms. The minimum Gasteiger partial charge on any atom is -0.331 e. The first kappa shape index (κ1) is 19.4. The Morgan fingerprint density at radius 1 is 1.24 bits per heavy atom. The average molecular weight is 391 g/mol. The number of nitrogens with one attached hydrogen (secondary N) is 1. The van der Waals surface area contributed by atoms with Crippen LogP contribution in [0.2, 0.25) is 0 Å². The van der Waals surface area contributed by atoms with Crippen LogP contribution in [0.25, 0.3) is 0 Å². The van der Waals surface area contributed by atoms with Gasteiger partial charge < -0.3 is 9.88 Å². The van der Waals surface area contributed by atoms with E-state index in [2.05, 4.69) is 35.9 Å². The van der Waals surface area contributed by atoms with Crippen LogP contribution < -0.4 is 5.32 Å². The summed E-state index contributed by atoms with van der Waals surface area (Å²) in [6.07, 6.45) is 4.53. The maximum atomic E-state index is 13.2. The van der Waals surface area contributed by atoms with Gasteiger partial charge in [-0.25, -0.2) is 9.37 Å². The SMILES string of the molecule is Cc1ccccc1[C@H](CC(=O)Nc1ccc(F)cc1)c1cnc2n1CCC[C@@H]2C. The Balaban J connectivity index is 1.66. The molecular weight excluding hydrogens is 365 g/mol. The largest absolute Gasteiger partial charge is 0.331 e. The zero-order chi connectivity index (χ0) is 20.4. The summed E-state index contributed by atoms with van der Waals surface area (Å²) in [4.78, 5) is 17.6. The van der Waals surface area contributed by atoms with Crippen LogP contribution in [0.5, 0.6) is 0 Å². The number of carbonyl (C=O) groups is 1. The van der Waals surface area contributed by atoms with E-state index < -0.39 is 0 Å². The molecule has 2 heterocycles. The number of anilines is 1. The van der Waals surface area contributed by atoms with Crippen LogP contribution in [0.3, 0.4) is 0 Å². The first-order chi connectivity index (χ1) is 14.0. The Hall–Kier alpha value is -2.95. The molecule has 29 heavy (non-hydrogen) atoms. The number of imidazole rings is 1. The highest BCUT2D eigenvalue weighted by Crippen LogP contribution is 2.35. The number of rotatable bonds is 5. The number of hydrogen-bond donors (Lipinski definition) is 1. The highest BCUT2D eigenvalue weighted by molar-refractivity contribution is 5.91. The molecule has 4 rings (SSSR count). The fraction of sp³-hybridized carbons (Fsp3) is 0.333. The molecule has 3 aromatic rings. The summed E-state index contributed by atoms with van der Waals surface area (Å²) >= 11 is 0. The molecule has 0 fully saturated rings. The Kier molecular flexibility index (Phi) is 5.47. The summed E-state index contributed by atoms with van der Waals surface area (Å²) in [6.45, 7) is 5.24.